The van der Waals surface area contributed by atoms with Crippen LogP contribution in [0.4, 0.5) is 17.6 Å². The Kier molecular flexibility index (Phi) is 3.92. The quantitative estimate of drug-likeness (QED) is 0.681. The predicted octanol–water partition coefficient (Wildman–Crippen LogP) is 3.83. The molecule has 0 bridgehead atoms. The molecule has 0 unspecified atom stereocenters. The highest BCUT2D eigenvalue weighted by Crippen LogP contribution is 2.31. The molecule has 0 atom stereocenters. The van der Waals surface area contributed by atoms with Gasteiger partial charge >= 0.3 is 6.18 Å². The smallest absolute Gasteiger partial charge is 0.421 e. The zero-order valence-corrected chi connectivity index (χ0v) is 12.3. The minimum Gasteiger partial charge on any atom is -0.421 e. The summed E-state index contributed by atoms with van der Waals surface area (Å²) in [6.45, 7) is 0. The molecule has 0 spiro atoms. The van der Waals surface area contributed by atoms with Gasteiger partial charge in [0.05, 0.1) is 0 Å². The second-order valence-corrected chi connectivity index (χ2v) is 4.82. The van der Waals surface area contributed by atoms with Crippen LogP contribution in [0.5, 0.6) is 11.8 Å². The highest BCUT2D eigenvalue weighted by molar-refractivity contribution is 5.54. The van der Waals surface area contributed by atoms with Crippen molar-refractivity contribution in [3.05, 3.63) is 54.1 Å². The Morgan fingerprint density at radius 2 is 1.79 bits per heavy atom. The number of hydrogen-bond acceptors (Lipinski definition) is 4. The number of benzene rings is 1. The van der Waals surface area contributed by atoms with Crippen LogP contribution >= 0.6 is 0 Å². The van der Waals surface area contributed by atoms with Gasteiger partial charge in [-0.15, -0.1) is 0 Å². The molecule has 0 radical (unpaired) electrons. The van der Waals surface area contributed by atoms with Crippen LogP contribution in [0, 0.1) is 5.82 Å². The molecule has 5 nitrogen and oxygen atoms in total. The number of hydrogen-bond donors (Lipinski definition) is 0. The summed E-state index contributed by atoms with van der Waals surface area (Å²) in [5, 5.41) is 3.35. The molecule has 124 valence electrons. The van der Waals surface area contributed by atoms with Gasteiger partial charge < -0.3 is 4.74 Å². The van der Waals surface area contributed by atoms with E-state index in [0.717, 1.165) is 10.7 Å². The van der Waals surface area contributed by atoms with Crippen molar-refractivity contribution in [2.24, 2.45) is 7.05 Å². The normalized spacial score (nSPS) is 11.5. The summed E-state index contributed by atoms with van der Waals surface area (Å²) in [5.74, 6) is -0.224. The van der Waals surface area contributed by atoms with Gasteiger partial charge in [0.25, 0.3) is 0 Å². The van der Waals surface area contributed by atoms with Gasteiger partial charge in [0.1, 0.15) is 5.82 Å². The fraction of sp³-hybridized carbons (Fsp3) is 0.133. The molecule has 0 aliphatic carbocycles. The van der Waals surface area contributed by atoms with Crippen LogP contribution in [0.1, 0.15) is 5.69 Å². The first-order valence-electron chi connectivity index (χ1n) is 6.71. The molecule has 0 aliphatic rings. The van der Waals surface area contributed by atoms with Crippen LogP contribution < -0.4 is 4.74 Å². The number of aromatic nitrogens is 4. The zero-order valence-electron chi connectivity index (χ0n) is 12.3. The van der Waals surface area contributed by atoms with E-state index < -0.39 is 17.7 Å². The van der Waals surface area contributed by atoms with Crippen molar-refractivity contribution in [3.63, 3.8) is 0 Å². The molecule has 3 rings (SSSR count). The summed E-state index contributed by atoms with van der Waals surface area (Å²) in [6.07, 6.45) is -3.17. The highest BCUT2D eigenvalue weighted by Gasteiger charge is 2.35. The summed E-state index contributed by atoms with van der Waals surface area (Å²) in [5.41, 5.74) is -0.518. The van der Waals surface area contributed by atoms with Crippen LogP contribution in [0.3, 0.4) is 0 Å². The van der Waals surface area contributed by atoms with E-state index in [1.807, 2.05) is 0 Å². The summed E-state index contributed by atoms with van der Waals surface area (Å²) in [6, 6.07) is 7.65. The molecule has 0 saturated heterocycles. The molecule has 2 heterocycles. The summed E-state index contributed by atoms with van der Waals surface area (Å²) in [7, 11) is 1.33. The maximum absolute atomic E-state index is 12.9. The average molecular weight is 338 g/mol. The van der Waals surface area contributed by atoms with Gasteiger partial charge in [0, 0.05) is 30.9 Å². The molecule has 3 aromatic rings. The first kappa shape index (κ1) is 15.9. The van der Waals surface area contributed by atoms with E-state index in [1.165, 1.54) is 43.6 Å². The molecule has 24 heavy (non-hydrogen) atoms. The van der Waals surface area contributed by atoms with E-state index in [1.54, 1.807) is 0 Å². The van der Waals surface area contributed by atoms with Crippen molar-refractivity contribution in [2.45, 2.75) is 6.18 Å². The second-order valence-electron chi connectivity index (χ2n) is 4.82. The van der Waals surface area contributed by atoms with Crippen LogP contribution in [0.25, 0.3) is 11.4 Å². The van der Waals surface area contributed by atoms with Crippen molar-refractivity contribution < 1.29 is 22.3 Å². The monoisotopic (exact) mass is 338 g/mol. The molecule has 0 amide bonds. The van der Waals surface area contributed by atoms with Crippen molar-refractivity contribution >= 4 is 0 Å². The Bertz CT molecular complexity index is 859. The molecule has 1 aromatic carbocycles. The van der Waals surface area contributed by atoms with Gasteiger partial charge in [0.15, 0.2) is 11.5 Å². The van der Waals surface area contributed by atoms with Crippen molar-refractivity contribution in [1.29, 1.82) is 0 Å². The van der Waals surface area contributed by atoms with E-state index in [2.05, 4.69) is 15.1 Å². The lowest BCUT2D eigenvalue weighted by Gasteiger charge is -2.06. The molecular weight excluding hydrogens is 328 g/mol. The third kappa shape index (κ3) is 3.34. The van der Waals surface area contributed by atoms with Gasteiger partial charge in [-0.25, -0.2) is 14.1 Å². The number of alkyl halides is 3. The average Bonchev–Trinajstić information content (AvgIpc) is 2.90. The van der Waals surface area contributed by atoms with Gasteiger partial charge in [-0.2, -0.15) is 23.3 Å². The number of nitrogens with zero attached hydrogens (tertiary/aromatic N) is 4. The molecule has 9 heteroatoms. The van der Waals surface area contributed by atoms with Crippen molar-refractivity contribution in [1.82, 2.24) is 19.7 Å². The zero-order chi connectivity index (χ0) is 17.3. The van der Waals surface area contributed by atoms with Gasteiger partial charge in [-0.05, 0) is 24.3 Å². The fourth-order valence-corrected chi connectivity index (χ4v) is 1.93. The summed E-state index contributed by atoms with van der Waals surface area (Å²) in [4.78, 5) is 8.13. The Labute approximate surface area is 133 Å². The first-order chi connectivity index (χ1) is 11.3. The van der Waals surface area contributed by atoms with Crippen molar-refractivity contribution in [3.8, 4) is 23.1 Å². The topological polar surface area (TPSA) is 52.8 Å². The molecule has 2 aromatic heterocycles. The lowest BCUT2D eigenvalue weighted by Crippen LogP contribution is -2.06. The van der Waals surface area contributed by atoms with Gasteiger partial charge in [0.2, 0.25) is 11.8 Å². The molecular formula is C15H10F4N4O. The Hall–Kier alpha value is -2.97. The van der Waals surface area contributed by atoms with Crippen LogP contribution in [-0.2, 0) is 13.2 Å². The lowest BCUT2D eigenvalue weighted by molar-refractivity contribution is -0.141. The van der Waals surface area contributed by atoms with E-state index in [0.29, 0.717) is 5.56 Å². The summed E-state index contributed by atoms with van der Waals surface area (Å²) < 4.78 is 57.2. The number of halogens is 4. The Morgan fingerprint density at radius 3 is 2.42 bits per heavy atom. The third-order valence-electron chi connectivity index (χ3n) is 3.07. The largest absolute Gasteiger partial charge is 0.435 e. The van der Waals surface area contributed by atoms with Gasteiger partial charge in [-0.1, -0.05) is 0 Å². The molecule has 0 fully saturated rings. The Morgan fingerprint density at radius 1 is 1.08 bits per heavy atom. The molecule has 0 N–H and O–H groups in total. The summed E-state index contributed by atoms with van der Waals surface area (Å²) >= 11 is 0. The minimum atomic E-state index is -4.57. The number of rotatable bonds is 3. The first-order valence-corrected chi connectivity index (χ1v) is 6.71. The van der Waals surface area contributed by atoms with Crippen LogP contribution in [-0.4, -0.2) is 19.7 Å². The molecule has 0 aliphatic heterocycles. The maximum atomic E-state index is 12.9. The van der Waals surface area contributed by atoms with Gasteiger partial charge in [-0.3, -0.25) is 0 Å². The standard InChI is InChI=1S/C15H10F4N4O/c1-23-13(8-11(22-23)15(17,18)19)24-12-6-7-20-14(21-12)9-2-4-10(16)5-3-9/h2-8H,1H3. The van der Waals surface area contributed by atoms with E-state index >= 15 is 0 Å². The van der Waals surface area contributed by atoms with E-state index in [-0.39, 0.29) is 17.6 Å². The second kappa shape index (κ2) is 5.91. The van der Waals surface area contributed by atoms with Crippen LogP contribution in [0.2, 0.25) is 0 Å². The molecule has 0 saturated carbocycles. The van der Waals surface area contributed by atoms with E-state index in [4.69, 9.17) is 4.74 Å². The predicted molar refractivity (Wildman–Crippen MR) is 75.7 cm³/mol. The minimum absolute atomic E-state index is 0.0426. The third-order valence-corrected chi connectivity index (χ3v) is 3.07. The Balaban J connectivity index is 1.88. The van der Waals surface area contributed by atoms with E-state index in [9.17, 15) is 17.6 Å². The van der Waals surface area contributed by atoms with Crippen LogP contribution in [0.15, 0.2) is 42.6 Å². The van der Waals surface area contributed by atoms with Crippen molar-refractivity contribution in [2.75, 3.05) is 0 Å². The fourth-order valence-electron chi connectivity index (χ4n) is 1.93. The number of ether oxygens (including phenoxy) is 1. The highest BCUT2D eigenvalue weighted by atomic mass is 19.4. The number of aryl methyl sites for hydroxylation is 1. The maximum Gasteiger partial charge on any atom is 0.435 e. The lowest BCUT2D eigenvalue weighted by atomic mass is 10.2. The SMILES string of the molecule is Cn1nc(C(F)(F)F)cc1Oc1ccnc(-c2ccc(F)cc2)n1.